The second kappa shape index (κ2) is 5.81. The van der Waals surface area contributed by atoms with Gasteiger partial charge in [-0.15, -0.1) is 0 Å². The molecule has 1 aromatic rings. The first-order valence-electron chi connectivity index (χ1n) is 5.99. The highest BCUT2D eigenvalue weighted by molar-refractivity contribution is 5.87. The molecule has 6 heteroatoms. The third-order valence-electron chi connectivity index (χ3n) is 3.49. The Labute approximate surface area is 117 Å². The van der Waals surface area contributed by atoms with Crippen LogP contribution in [0.25, 0.3) is 0 Å². The minimum atomic E-state index is -1.55. The van der Waals surface area contributed by atoms with Crippen molar-refractivity contribution in [3.05, 3.63) is 23.8 Å². The number of hydrogen-bond acceptors (Lipinski definition) is 4. The molecule has 0 bridgehead atoms. The van der Waals surface area contributed by atoms with Gasteiger partial charge in [0.15, 0.2) is 5.54 Å². The van der Waals surface area contributed by atoms with E-state index in [0.29, 0.717) is 17.1 Å². The molecule has 1 unspecified atom stereocenters. The minimum Gasteiger partial charge on any atom is -0.497 e. The molecule has 0 fully saturated rings. The van der Waals surface area contributed by atoms with E-state index >= 15 is 0 Å². The maximum Gasteiger partial charge on any atom is 0.334 e. The highest BCUT2D eigenvalue weighted by Crippen LogP contribution is 2.37. The maximum atomic E-state index is 11.7. The molecule has 0 spiro atoms. The number of rotatable bonds is 5. The molecule has 20 heavy (non-hydrogen) atoms. The summed E-state index contributed by atoms with van der Waals surface area (Å²) in [6.45, 7) is 2.77. The molecule has 0 heterocycles. The lowest BCUT2D eigenvalue weighted by atomic mass is 9.89. The number of benzene rings is 1. The number of carbonyl (C=O) groups excluding carboxylic acids is 1. The summed E-state index contributed by atoms with van der Waals surface area (Å²) in [5.41, 5.74) is -1.20. The molecule has 0 aliphatic heterocycles. The van der Waals surface area contributed by atoms with Crippen molar-refractivity contribution in [1.29, 1.82) is 0 Å². The van der Waals surface area contributed by atoms with Crippen LogP contribution in [0, 0.1) is 0 Å². The molecule has 1 rings (SSSR count). The van der Waals surface area contributed by atoms with Gasteiger partial charge in [-0.3, -0.25) is 4.79 Å². The zero-order valence-electron chi connectivity index (χ0n) is 12.3. The molecular formula is C14H19NO5. The van der Waals surface area contributed by atoms with Crippen LogP contribution in [0.4, 0.5) is 0 Å². The fourth-order valence-electron chi connectivity index (χ4n) is 1.95. The van der Waals surface area contributed by atoms with E-state index < -0.39 is 11.5 Å². The third-order valence-corrected chi connectivity index (χ3v) is 3.49. The summed E-state index contributed by atoms with van der Waals surface area (Å²) in [6.07, 6.45) is 0. The molecule has 0 aliphatic rings. The van der Waals surface area contributed by atoms with E-state index in [-0.39, 0.29) is 5.91 Å². The molecule has 0 saturated carbocycles. The Hall–Kier alpha value is -2.24. The molecular weight excluding hydrogens is 262 g/mol. The van der Waals surface area contributed by atoms with E-state index in [1.165, 1.54) is 35.1 Å². The first-order chi connectivity index (χ1) is 9.28. The van der Waals surface area contributed by atoms with Crippen LogP contribution in [0.3, 0.4) is 0 Å². The van der Waals surface area contributed by atoms with E-state index in [9.17, 15) is 14.7 Å². The number of ether oxygens (including phenoxy) is 2. The van der Waals surface area contributed by atoms with Gasteiger partial charge in [-0.05, 0) is 25.1 Å². The molecule has 0 radical (unpaired) electrons. The number of methoxy groups -OCH3 is 2. The van der Waals surface area contributed by atoms with Gasteiger partial charge in [-0.2, -0.15) is 0 Å². The molecule has 1 amide bonds. The average molecular weight is 281 g/mol. The lowest BCUT2D eigenvalue weighted by Gasteiger charge is -2.35. The molecule has 1 N–H and O–H groups in total. The Bertz CT molecular complexity index is 528. The Morgan fingerprint density at radius 2 is 1.85 bits per heavy atom. The molecule has 1 atom stereocenters. The number of aliphatic carboxylic acids is 1. The maximum absolute atomic E-state index is 11.7. The highest BCUT2D eigenvalue weighted by Gasteiger charge is 2.43. The van der Waals surface area contributed by atoms with Crippen molar-refractivity contribution in [3.63, 3.8) is 0 Å². The third kappa shape index (κ3) is 2.54. The predicted molar refractivity (Wildman–Crippen MR) is 73.0 cm³/mol. The van der Waals surface area contributed by atoms with Gasteiger partial charge >= 0.3 is 5.97 Å². The molecule has 110 valence electrons. The topological polar surface area (TPSA) is 76.1 Å². The predicted octanol–water partition coefficient (Wildman–Crippen LogP) is 1.48. The van der Waals surface area contributed by atoms with Crippen molar-refractivity contribution in [1.82, 2.24) is 4.90 Å². The Balaban J connectivity index is 3.56. The monoisotopic (exact) mass is 281 g/mol. The van der Waals surface area contributed by atoms with Gasteiger partial charge in [0.1, 0.15) is 11.5 Å². The van der Waals surface area contributed by atoms with Crippen molar-refractivity contribution in [2.24, 2.45) is 0 Å². The van der Waals surface area contributed by atoms with E-state index in [1.54, 1.807) is 18.2 Å². The summed E-state index contributed by atoms with van der Waals surface area (Å²) >= 11 is 0. The van der Waals surface area contributed by atoms with Crippen molar-refractivity contribution in [2.45, 2.75) is 19.4 Å². The van der Waals surface area contributed by atoms with Gasteiger partial charge in [-0.25, -0.2) is 4.79 Å². The van der Waals surface area contributed by atoms with Gasteiger partial charge in [-0.1, -0.05) is 0 Å². The summed E-state index contributed by atoms with van der Waals surface area (Å²) in [5.74, 6) is -0.643. The van der Waals surface area contributed by atoms with Gasteiger partial charge in [0.05, 0.1) is 14.2 Å². The van der Waals surface area contributed by atoms with Crippen LogP contribution in [0.5, 0.6) is 11.5 Å². The van der Waals surface area contributed by atoms with Crippen LogP contribution in [0.1, 0.15) is 19.4 Å². The van der Waals surface area contributed by atoms with E-state index in [1.807, 2.05) is 0 Å². The zero-order chi connectivity index (χ0) is 15.5. The lowest BCUT2D eigenvalue weighted by molar-refractivity contribution is -0.156. The van der Waals surface area contributed by atoms with Gasteiger partial charge in [0.2, 0.25) is 5.91 Å². The quantitative estimate of drug-likeness (QED) is 0.884. The number of amides is 1. The smallest absolute Gasteiger partial charge is 0.334 e. The fourth-order valence-corrected chi connectivity index (χ4v) is 1.95. The second-order valence-corrected chi connectivity index (χ2v) is 4.52. The lowest BCUT2D eigenvalue weighted by Crippen LogP contribution is -2.50. The summed E-state index contributed by atoms with van der Waals surface area (Å²) in [4.78, 5) is 24.5. The molecule has 1 aromatic carbocycles. The van der Waals surface area contributed by atoms with Crippen molar-refractivity contribution >= 4 is 11.9 Å². The Kier molecular flexibility index (Phi) is 4.60. The Morgan fingerprint density at radius 1 is 1.25 bits per heavy atom. The van der Waals surface area contributed by atoms with Gasteiger partial charge < -0.3 is 19.5 Å². The van der Waals surface area contributed by atoms with Crippen molar-refractivity contribution < 1.29 is 24.2 Å². The summed E-state index contributed by atoms with van der Waals surface area (Å²) in [6, 6.07) is 4.84. The number of carboxylic acids is 1. The molecule has 0 aromatic heterocycles. The zero-order valence-corrected chi connectivity index (χ0v) is 12.3. The number of likely N-dealkylation sites (N-methyl/N-ethyl adjacent to an activating group) is 1. The average Bonchev–Trinajstić information content (AvgIpc) is 2.44. The Morgan fingerprint density at radius 3 is 2.25 bits per heavy atom. The largest absolute Gasteiger partial charge is 0.497 e. The van der Waals surface area contributed by atoms with Gasteiger partial charge in [0, 0.05) is 19.5 Å². The van der Waals surface area contributed by atoms with Crippen molar-refractivity contribution in [3.8, 4) is 11.5 Å². The first kappa shape index (κ1) is 15.8. The van der Waals surface area contributed by atoms with Crippen LogP contribution in [-0.2, 0) is 15.1 Å². The van der Waals surface area contributed by atoms with Crippen molar-refractivity contribution in [2.75, 3.05) is 21.3 Å². The number of carboxylic acid groups (broad SMARTS) is 1. The highest BCUT2D eigenvalue weighted by atomic mass is 16.5. The normalized spacial score (nSPS) is 13.2. The molecule has 6 nitrogen and oxygen atoms in total. The molecule has 0 aliphatic carbocycles. The van der Waals surface area contributed by atoms with E-state index in [4.69, 9.17) is 9.47 Å². The number of hydrogen-bond donors (Lipinski definition) is 1. The second-order valence-electron chi connectivity index (χ2n) is 4.52. The van der Waals surface area contributed by atoms with E-state index in [0.717, 1.165) is 4.90 Å². The van der Waals surface area contributed by atoms with Crippen LogP contribution >= 0.6 is 0 Å². The van der Waals surface area contributed by atoms with E-state index in [2.05, 4.69) is 0 Å². The van der Waals surface area contributed by atoms with Gasteiger partial charge in [0.25, 0.3) is 0 Å². The minimum absolute atomic E-state index is 0.351. The van der Waals surface area contributed by atoms with Crippen LogP contribution in [-0.4, -0.2) is 43.2 Å². The standard InChI is InChI=1S/C14H19NO5/c1-9(16)15(3)14(2,13(17)18)11-8-10(19-4)6-7-12(11)20-5/h6-8H,1-5H3,(H,17,18). The van der Waals surface area contributed by atoms with Crippen LogP contribution < -0.4 is 9.47 Å². The van der Waals surface area contributed by atoms with Crippen LogP contribution in [0.15, 0.2) is 18.2 Å². The number of nitrogens with zero attached hydrogens (tertiary/aromatic N) is 1. The fraction of sp³-hybridized carbons (Fsp3) is 0.429. The SMILES string of the molecule is COc1ccc(OC)c(C(C)(C(=O)O)N(C)C(C)=O)c1. The molecule has 0 saturated heterocycles. The first-order valence-corrected chi connectivity index (χ1v) is 5.99. The summed E-state index contributed by atoms with van der Waals surface area (Å²) < 4.78 is 10.3. The summed E-state index contributed by atoms with van der Waals surface area (Å²) in [7, 11) is 4.37. The summed E-state index contributed by atoms with van der Waals surface area (Å²) in [5, 5.41) is 9.60. The number of carbonyl (C=O) groups is 2. The van der Waals surface area contributed by atoms with Crippen LogP contribution in [0.2, 0.25) is 0 Å².